The molecule has 2 aliphatic rings. The van der Waals surface area contributed by atoms with Crippen LogP contribution in [-0.2, 0) is 10.0 Å². The molecule has 36 heavy (non-hydrogen) atoms. The van der Waals surface area contributed by atoms with E-state index >= 15 is 0 Å². The molecule has 0 aromatic carbocycles. The van der Waals surface area contributed by atoms with Crippen LogP contribution in [-0.4, -0.2) is 83.8 Å². The average molecular weight is 513 g/mol. The minimum absolute atomic E-state index is 0.0823. The number of carbonyl (C=O) groups is 1. The van der Waals surface area contributed by atoms with Crippen molar-refractivity contribution >= 4 is 38.5 Å². The number of carbonyl (C=O) groups excluding carboxylic acids is 1. The van der Waals surface area contributed by atoms with Crippen LogP contribution in [0.3, 0.4) is 0 Å². The number of nitrogen functional groups attached to an aromatic ring is 1. The number of nitrogens with one attached hydrogen (secondary N) is 1. The van der Waals surface area contributed by atoms with Crippen LogP contribution in [0.25, 0.3) is 11.1 Å². The first kappa shape index (κ1) is 24.0. The highest BCUT2D eigenvalue weighted by molar-refractivity contribution is 7.88. The zero-order valence-electron chi connectivity index (χ0n) is 20.1. The Balaban J connectivity index is 1.41. The van der Waals surface area contributed by atoms with Crippen molar-refractivity contribution in [1.29, 1.82) is 0 Å². The van der Waals surface area contributed by atoms with E-state index in [1.165, 1.54) is 24.0 Å². The topological polar surface area (TPSA) is 148 Å². The lowest BCUT2D eigenvalue weighted by Gasteiger charge is -2.34. The van der Waals surface area contributed by atoms with Crippen molar-refractivity contribution in [3.63, 3.8) is 0 Å². The highest BCUT2D eigenvalue weighted by Gasteiger charge is 2.29. The number of amides is 1. The van der Waals surface area contributed by atoms with Crippen LogP contribution in [0.15, 0.2) is 36.8 Å². The standard InChI is InChI=1S/C23H28N8O4S/c1-35-20-10-15(5-7-25-20)23(32)28-17-4-3-8-29(13-17)19-11-18(31-21(19)22(24)26-14-27-31)16-6-9-30(12-16)36(2,33)34/h5-7,10-11,14,17H,3-4,8-9,12-13H2,1-2H3,(H,28,32)(H2,24,26,27)/t17-/m1/s1. The second-order valence-corrected chi connectivity index (χ2v) is 10.9. The Bertz CT molecular complexity index is 1450. The zero-order valence-corrected chi connectivity index (χ0v) is 20.9. The molecule has 5 rings (SSSR count). The van der Waals surface area contributed by atoms with E-state index in [-0.39, 0.29) is 18.5 Å². The molecule has 1 fully saturated rings. The molecule has 1 atom stereocenters. The number of hydrogen-bond donors (Lipinski definition) is 2. The molecule has 0 bridgehead atoms. The summed E-state index contributed by atoms with van der Waals surface area (Å²) in [7, 11) is -1.80. The third-order valence-electron chi connectivity index (χ3n) is 6.55. The zero-order chi connectivity index (χ0) is 25.4. The number of pyridine rings is 1. The molecule has 2 aliphatic heterocycles. The lowest BCUT2D eigenvalue weighted by Crippen LogP contribution is -2.47. The van der Waals surface area contributed by atoms with Gasteiger partial charge in [0.25, 0.3) is 5.91 Å². The smallest absolute Gasteiger partial charge is 0.251 e. The van der Waals surface area contributed by atoms with E-state index in [1.807, 2.05) is 12.1 Å². The van der Waals surface area contributed by atoms with Crippen LogP contribution >= 0.6 is 0 Å². The van der Waals surface area contributed by atoms with E-state index < -0.39 is 10.0 Å². The summed E-state index contributed by atoms with van der Waals surface area (Å²) in [5.74, 6) is 0.525. The number of hydrogen-bond acceptors (Lipinski definition) is 9. The predicted molar refractivity (Wildman–Crippen MR) is 135 cm³/mol. The van der Waals surface area contributed by atoms with Gasteiger partial charge in [-0.25, -0.2) is 22.9 Å². The number of ether oxygens (including phenoxy) is 1. The van der Waals surface area contributed by atoms with Crippen LogP contribution in [0.1, 0.15) is 28.9 Å². The molecule has 0 spiro atoms. The van der Waals surface area contributed by atoms with Gasteiger partial charge in [0.15, 0.2) is 5.82 Å². The maximum atomic E-state index is 12.9. The monoisotopic (exact) mass is 512 g/mol. The van der Waals surface area contributed by atoms with E-state index in [0.717, 1.165) is 36.3 Å². The number of nitrogens with zero attached hydrogens (tertiary/aromatic N) is 6. The molecule has 13 heteroatoms. The Morgan fingerprint density at radius 1 is 1.28 bits per heavy atom. The molecule has 0 unspecified atom stereocenters. The second-order valence-electron chi connectivity index (χ2n) is 8.95. The predicted octanol–water partition coefficient (Wildman–Crippen LogP) is 0.773. The molecule has 0 aliphatic carbocycles. The van der Waals surface area contributed by atoms with E-state index in [1.54, 1.807) is 22.8 Å². The minimum Gasteiger partial charge on any atom is -0.481 e. The van der Waals surface area contributed by atoms with Gasteiger partial charge in [-0.15, -0.1) is 0 Å². The van der Waals surface area contributed by atoms with Gasteiger partial charge in [-0.05, 0) is 30.5 Å². The molecule has 3 N–H and O–H groups in total. The largest absolute Gasteiger partial charge is 0.481 e. The van der Waals surface area contributed by atoms with Crippen molar-refractivity contribution in [2.45, 2.75) is 18.9 Å². The first-order chi connectivity index (χ1) is 17.2. The number of aromatic nitrogens is 4. The number of piperidine rings is 1. The van der Waals surface area contributed by atoms with Gasteiger partial charge in [0.2, 0.25) is 15.9 Å². The van der Waals surface area contributed by atoms with Crippen molar-refractivity contribution < 1.29 is 17.9 Å². The van der Waals surface area contributed by atoms with Crippen molar-refractivity contribution in [2.24, 2.45) is 0 Å². The van der Waals surface area contributed by atoms with Gasteiger partial charge in [0.05, 0.1) is 24.7 Å². The first-order valence-electron chi connectivity index (χ1n) is 11.6. The number of rotatable bonds is 6. The fraction of sp³-hybridized carbons (Fsp3) is 0.391. The summed E-state index contributed by atoms with van der Waals surface area (Å²) in [6, 6.07) is 5.16. The highest BCUT2D eigenvalue weighted by Crippen LogP contribution is 2.35. The number of nitrogens with two attached hydrogens (primary N) is 1. The summed E-state index contributed by atoms with van der Waals surface area (Å²) < 4.78 is 32.3. The fourth-order valence-corrected chi connectivity index (χ4v) is 5.45. The Labute approximate surface area is 208 Å². The first-order valence-corrected chi connectivity index (χ1v) is 13.4. The van der Waals surface area contributed by atoms with Crippen molar-refractivity contribution in [2.75, 3.05) is 50.2 Å². The van der Waals surface area contributed by atoms with Gasteiger partial charge in [0.1, 0.15) is 11.8 Å². The molecular weight excluding hydrogens is 484 g/mol. The minimum atomic E-state index is -3.31. The highest BCUT2D eigenvalue weighted by atomic mass is 32.2. The number of fused-ring (bicyclic) bond motifs is 1. The Morgan fingerprint density at radius 3 is 2.86 bits per heavy atom. The molecule has 5 heterocycles. The van der Waals surface area contributed by atoms with E-state index in [2.05, 4.69) is 25.3 Å². The quantitative estimate of drug-likeness (QED) is 0.489. The molecule has 3 aromatic heterocycles. The van der Waals surface area contributed by atoms with E-state index in [9.17, 15) is 13.2 Å². The average Bonchev–Trinajstić information content (AvgIpc) is 3.50. The maximum absolute atomic E-state index is 12.9. The van der Waals surface area contributed by atoms with Crippen LogP contribution in [0.2, 0.25) is 0 Å². The summed E-state index contributed by atoms with van der Waals surface area (Å²) in [5, 5.41) is 7.53. The summed E-state index contributed by atoms with van der Waals surface area (Å²) in [5.41, 5.74) is 9.91. The lowest BCUT2D eigenvalue weighted by atomic mass is 10.0. The second kappa shape index (κ2) is 9.39. The maximum Gasteiger partial charge on any atom is 0.251 e. The van der Waals surface area contributed by atoms with Gasteiger partial charge in [-0.1, -0.05) is 6.08 Å². The number of methoxy groups -OCH3 is 1. The van der Waals surface area contributed by atoms with Crippen LogP contribution < -0.4 is 20.7 Å². The van der Waals surface area contributed by atoms with Crippen molar-refractivity contribution in [1.82, 2.24) is 29.2 Å². The summed E-state index contributed by atoms with van der Waals surface area (Å²) in [4.78, 5) is 23.3. The number of sulfonamides is 1. The molecule has 12 nitrogen and oxygen atoms in total. The van der Waals surface area contributed by atoms with Crippen LogP contribution in [0, 0.1) is 0 Å². The molecule has 190 valence electrons. The molecule has 0 radical (unpaired) electrons. The molecule has 1 saturated heterocycles. The van der Waals surface area contributed by atoms with Crippen molar-refractivity contribution in [3.8, 4) is 5.88 Å². The van der Waals surface area contributed by atoms with Gasteiger partial charge in [-0.3, -0.25) is 4.79 Å². The molecule has 3 aromatic rings. The Kier molecular flexibility index (Phi) is 6.26. The summed E-state index contributed by atoms with van der Waals surface area (Å²) in [6.07, 6.45) is 7.74. The number of anilines is 2. The van der Waals surface area contributed by atoms with Gasteiger partial charge in [-0.2, -0.15) is 9.40 Å². The van der Waals surface area contributed by atoms with Gasteiger partial charge < -0.3 is 20.7 Å². The SMILES string of the molecule is COc1cc(C(=O)N[C@@H]2CCCN(c3cc(C4=CCN(S(C)(=O)=O)C4)n4ncnc(N)c34)C2)ccn1. The summed E-state index contributed by atoms with van der Waals surface area (Å²) in [6.45, 7) is 1.94. The third-order valence-corrected chi connectivity index (χ3v) is 7.77. The molecular formula is C23H28N8O4S. The molecule has 0 saturated carbocycles. The fourth-order valence-electron chi connectivity index (χ4n) is 4.73. The Morgan fingerprint density at radius 2 is 2.11 bits per heavy atom. The van der Waals surface area contributed by atoms with E-state index in [4.69, 9.17) is 10.5 Å². The van der Waals surface area contributed by atoms with Crippen LogP contribution in [0.5, 0.6) is 5.88 Å². The van der Waals surface area contributed by atoms with Crippen molar-refractivity contribution in [3.05, 3.63) is 48.1 Å². The third kappa shape index (κ3) is 4.58. The summed E-state index contributed by atoms with van der Waals surface area (Å²) >= 11 is 0. The lowest BCUT2D eigenvalue weighted by molar-refractivity contribution is 0.0932. The normalized spacial score (nSPS) is 18.9. The van der Waals surface area contributed by atoms with E-state index in [0.29, 0.717) is 35.9 Å². The van der Waals surface area contributed by atoms with Gasteiger partial charge in [0, 0.05) is 50.0 Å². The van der Waals surface area contributed by atoms with Gasteiger partial charge >= 0.3 is 0 Å². The van der Waals surface area contributed by atoms with Crippen LogP contribution in [0.4, 0.5) is 11.5 Å². The Hall–Kier alpha value is -3.71. The molecule has 1 amide bonds.